The highest BCUT2D eigenvalue weighted by molar-refractivity contribution is 7.18. The number of aromatic nitrogens is 5. The Hall–Kier alpha value is -2.39. The Morgan fingerprint density at radius 3 is 2.75 bits per heavy atom. The molecule has 24 heavy (non-hydrogen) atoms. The smallest absolute Gasteiger partial charge is 0.244 e. The molecule has 1 aromatic carbocycles. The molecule has 0 radical (unpaired) electrons. The SMILES string of the molecule is O=C(Cn1cnnn1)N1CCN(Cc2nc3ccccc3s2)CC1. The Labute approximate surface area is 142 Å². The highest BCUT2D eigenvalue weighted by Gasteiger charge is 2.22. The van der Waals surface area contributed by atoms with Crippen molar-refractivity contribution in [1.29, 1.82) is 0 Å². The molecule has 3 aromatic rings. The number of piperazine rings is 1. The lowest BCUT2D eigenvalue weighted by Gasteiger charge is -2.34. The van der Waals surface area contributed by atoms with E-state index in [-0.39, 0.29) is 12.5 Å². The van der Waals surface area contributed by atoms with E-state index < -0.39 is 0 Å². The van der Waals surface area contributed by atoms with E-state index in [1.165, 1.54) is 15.7 Å². The fourth-order valence-electron chi connectivity index (χ4n) is 2.83. The molecule has 0 saturated carbocycles. The third kappa shape index (κ3) is 3.26. The highest BCUT2D eigenvalue weighted by atomic mass is 32.1. The minimum atomic E-state index is 0.0573. The second-order valence-electron chi connectivity index (χ2n) is 5.74. The molecule has 4 rings (SSSR count). The molecule has 1 fully saturated rings. The first-order chi connectivity index (χ1) is 11.8. The number of amides is 1. The molecule has 0 unspecified atom stereocenters. The van der Waals surface area contributed by atoms with Crippen LogP contribution < -0.4 is 0 Å². The minimum Gasteiger partial charge on any atom is -0.339 e. The summed E-state index contributed by atoms with van der Waals surface area (Å²) in [4.78, 5) is 21.1. The molecule has 0 aliphatic carbocycles. The molecule has 0 bridgehead atoms. The summed E-state index contributed by atoms with van der Waals surface area (Å²) in [5.74, 6) is 0.0573. The molecular formula is C15H17N7OS. The summed E-state index contributed by atoms with van der Waals surface area (Å²) in [6.45, 7) is 4.21. The number of hydrogen-bond acceptors (Lipinski definition) is 7. The predicted octanol–water partition coefficient (Wildman–Crippen LogP) is 0.627. The van der Waals surface area contributed by atoms with E-state index in [4.69, 9.17) is 0 Å². The van der Waals surface area contributed by atoms with Crippen molar-refractivity contribution in [2.45, 2.75) is 13.1 Å². The zero-order valence-electron chi connectivity index (χ0n) is 13.1. The van der Waals surface area contributed by atoms with Crippen LogP contribution in [0.2, 0.25) is 0 Å². The van der Waals surface area contributed by atoms with Crippen molar-refractivity contribution in [2.24, 2.45) is 0 Å². The molecule has 1 amide bonds. The molecule has 9 heteroatoms. The van der Waals surface area contributed by atoms with E-state index in [9.17, 15) is 4.79 Å². The van der Waals surface area contributed by atoms with Gasteiger partial charge in [0.05, 0.1) is 16.8 Å². The molecule has 0 spiro atoms. The number of carbonyl (C=O) groups is 1. The lowest BCUT2D eigenvalue weighted by Crippen LogP contribution is -2.49. The lowest BCUT2D eigenvalue weighted by atomic mass is 10.3. The number of tetrazole rings is 1. The molecule has 0 N–H and O–H groups in total. The topological polar surface area (TPSA) is 80.0 Å². The van der Waals surface area contributed by atoms with Gasteiger partial charge in [-0.15, -0.1) is 16.4 Å². The largest absolute Gasteiger partial charge is 0.339 e. The summed E-state index contributed by atoms with van der Waals surface area (Å²) >= 11 is 1.74. The minimum absolute atomic E-state index is 0.0573. The van der Waals surface area contributed by atoms with Crippen LogP contribution in [0.15, 0.2) is 30.6 Å². The molecular weight excluding hydrogens is 326 g/mol. The second-order valence-corrected chi connectivity index (χ2v) is 6.85. The quantitative estimate of drug-likeness (QED) is 0.691. The van der Waals surface area contributed by atoms with Gasteiger partial charge in [-0.3, -0.25) is 9.69 Å². The third-order valence-electron chi connectivity index (χ3n) is 4.11. The second kappa shape index (κ2) is 6.62. The fourth-order valence-corrected chi connectivity index (χ4v) is 3.84. The molecule has 1 saturated heterocycles. The van der Waals surface area contributed by atoms with Crippen LogP contribution in [0.1, 0.15) is 5.01 Å². The Bertz CT molecular complexity index is 790. The summed E-state index contributed by atoms with van der Waals surface area (Å²) in [6.07, 6.45) is 1.46. The van der Waals surface area contributed by atoms with E-state index in [2.05, 4.69) is 31.5 Å². The van der Waals surface area contributed by atoms with Gasteiger partial charge in [-0.25, -0.2) is 9.67 Å². The molecule has 1 aliphatic rings. The van der Waals surface area contributed by atoms with Crippen molar-refractivity contribution in [2.75, 3.05) is 26.2 Å². The average Bonchev–Trinajstić information content (AvgIpc) is 3.24. The van der Waals surface area contributed by atoms with Crippen LogP contribution in [0.5, 0.6) is 0 Å². The van der Waals surface area contributed by atoms with Gasteiger partial charge >= 0.3 is 0 Å². The summed E-state index contributed by atoms with van der Waals surface area (Å²) < 4.78 is 2.68. The molecule has 1 aliphatic heterocycles. The summed E-state index contributed by atoms with van der Waals surface area (Å²) in [5, 5.41) is 12.0. The van der Waals surface area contributed by atoms with E-state index >= 15 is 0 Å². The van der Waals surface area contributed by atoms with Crippen LogP contribution in [0, 0.1) is 0 Å². The van der Waals surface area contributed by atoms with Gasteiger partial charge in [0.15, 0.2) is 0 Å². The molecule has 124 valence electrons. The van der Waals surface area contributed by atoms with Crippen molar-refractivity contribution in [3.05, 3.63) is 35.6 Å². The predicted molar refractivity (Wildman–Crippen MR) is 89.3 cm³/mol. The maximum atomic E-state index is 12.2. The van der Waals surface area contributed by atoms with Gasteiger partial charge in [0.25, 0.3) is 0 Å². The summed E-state index contributed by atoms with van der Waals surface area (Å²) in [6, 6.07) is 8.21. The van der Waals surface area contributed by atoms with Crippen molar-refractivity contribution in [3.63, 3.8) is 0 Å². The number of rotatable bonds is 4. The van der Waals surface area contributed by atoms with E-state index in [0.717, 1.165) is 43.2 Å². The number of hydrogen-bond donors (Lipinski definition) is 0. The number of para-hydroxylation sites is 1. The number of benzene rings is 1. The Kier molecular flexibility index (Phi) is 4.18. The van der Waals surface area contributed by atoms with Crippen molar-refractivity contribution < 1.29 is 4.79 Å². The number of carbonyl (C=O) groups excluding carboxylic acids is 1. The standard InChI is InChI=1S/C15H17N7OS/c23-15(10-22-11-16-18-19-22)21-7-5-20(6-8-21)9-14-17-12-3-1-2-4-13(12)24-14/h1-4,11H,5-10H2. The molecule has 3 heterocycles. The van der Waals surface area contributed by atoms with Crippen LogP contribution in [0.3, 0.4) is 0 Å². The maximum absolute atomic E-state index is 12.2. The zero-order chi connectivity index (χ0) is 16.4. The van der Waals surface area contributed by atoms with E-state index in [0.29, 0.717) is 0 Å². The van der Waals surface area contributed by atoms with Crippen molar-refractivity contribution >= 4 is 27.5 Å². The molecule has 2 aromatic heterocycles. The van der Waals surface area contributed by atoms with Gasteiger partial charge in [-0.1, -0.05) is 12.1 Å². The first-order valence-electron chi connectivity index (χ1n) is 7.83. The van der Waals surface area contributed by atoms with E-state index in [1.807, 2.05) is 23.1 Å². The van der Waals surface area contributed by atoms with Gasteiger partial charge < -0.3 is 4.90 Å². The Morgan fingerprint density at radius 1 is 1.17 bits per heavy atom. The van der Waals surface area contributed by atoms with Crippen LogP contribution in [0.4, 0.5) is 0 Å². The van der Waals surface area contributed by atoms with Crippen LogP contribution in [0.25, 0.3) is 10.2 Å². The Morgan fingerprint density at radius 2 is 2.00 bits per heavy atom. The zero-order valence-corrected chi connectivity index (χ0v) is 13.9. The van der Waals surface area contributed by atoms with Gasteiger partial charge in [0.1, 0.15) is 17.9 Å². The van der Waals surface area contributed by atoms with Crippen LogP contribution in [-0.2, 0) is 17.9 Å². The first-order valence-corrected chi connectivity index (χ1v) is 8.65. The molecule has 0 atom stereocenters. The Balaban J connectivity index is 1.31. The van der Waals surface area contributed by atoms with Gasteiger partial charge in [0, 0.05) is 26.2 Å². The van der Waals surface area contributed by atoms with Crippen molar-refractivity contribution in [1.82, 2.24) is 35.0 Å². The number of fused-ring (bicyclic) bond motifs is 1. The maximum Gasteiger partial charge on any atom is 0.244 e. The van der Waals surface area contributed by atoms with Gasteiger partial charge in [0.2, 0.25) is 5.91 Å². The lowest BCUT2D eigenvalue weighted by molar-refractivity contribution is -0.133. The fraction of sp³-hybridized carbons (Fsp3) is 0.400. The van der Waals surface area contributed by atoms with Crippen LogP contribution in [-0.4, -0.2) is 67.1 Å². The first kappa shape index (κ1) is 15.2. The average molecular weight is 343 g/mol. The normalized spacial score (nSPS) is 15.9. The summed E-state index contributed by atoms with van der Waals surface area (Å²) in [5.41, 5.74) is 1.06. The molecule has 8 nitrogen and oxygen atoms in total. The van der Waals surface area contributed by atoms with Crippen LogP contribution >= 0.6 is 11.3 Å². The number of thiazole rings is 1. The monoisotopic (exact) mass is 343 g/mol. The van der Waals surface area contributed by atoms with Gasteiger partial charge in [-0.05, 0) is 22.6 Å². The van der Waals surface area contributed by atoms with Crippen molar-refractivity contribution in [3.8, 4) is 0 Å². The van der Waals surface area contributed by atoms with E-state index in [1.54, 1.807) is 11.3 Å². The van der Waals surface area contributed by atoms with Gasteiger partial charge in [-0.2, -0.15) is 0 Å². The number of nitrogens with zero attached hydrogens (tertiary/aromatic N) is 7. The summed E-state index contributed by atoms with van der Waals surface area (Å²) in [7, 11) is 0. The third-order valence-corrected chi connectivity index (χ3v) is 5.13. The highest BCUT2D eigenvalue weighted by Crippen LogP contribution is 2.23.